The first kappa shape index (κ1) is 15.2. The van der Waals surface area contributed by atoms with Crippen molar-refractivity contribution in [2.24, 2.45) is 16.9 Å². The Morgan fingerprint density at radius 2 is 2.15 bits per heavy atom. The number of hydrogen-bond donors (Lipinski definition) is 1. The number of aromatic nitrogens is 5. The number of amidine groups is 1. The second-order valence-electron chi connectivity index (χ2n) is 8.21. The van der Waals surface area contributed by atoms with Gasteiger partial charge in [-0.05, 0) is 25.2 Å². The molecule has 4 heterocycles. The van der Waals surface area contributed by atoms with E-state index in [9.17, 15) is 5.26 Å². The summed E-state index contributed by atoms with van der Waals surface area (Å²) in [5.74, 6) is 3.18. The fraction of sp³-hybridized carbons (Fsp3) is 0.611. The number of rotatable bonds is 2. The summed E-state index contributed by atoms with van der Waals surface area (Å²) in [6.07, 6.45) is 12.0. The Balaban J connectivity index is 1.48. The molecule has 4 aliphatic rings. The van der Waals surface area contributed by atoms with Crippen LogP contribution in [-0.2, 0) is 0 Å². The van der Waals surface area contributed by atoms with Crippen LogP contribution in [0, 0.1) is 23.3 Å². The van der Waals surface area contributed by atoms with Gasteiger partial charge in [-0.3, -0.25) is 10.3 Å². The van der Waals surface area contributed by atoms with E-state index in [1.807, 2.05) is 12.5 Å². The van der Waals surface area contributed by atoms with Crippen LogP contribution in [-0.4, -0.2) is 36.5 Å². The van der Waals surface area contributed by atoms with Crippen molar-refractivity contribution in [2.45, 2.75) is 57.2 Å². The van der Waals surface area contributed by atoms with Crippen molar-refractivity contribution in [2.75, 3.05) is 4.90 Å². The van der Waals surface area contributed by atoms with Crippen molar-refractivity contribution in [3.63, 3.8) is 0 Å². The van der Waals surface area contributed by atoms with E-state index in [1.54, 1.807) is 0 Å². The molecule has 138 valence electrons. The highest BCUT2D eigenvalue weighted by Crippen LogP contribution is 2.49. The molecule has 2 aromatic rings. The highest BCUT2D eigenvalue weighted by Gasteiger charge is 2.49. The number of fused-ring (bicyclic) bond motifs is 6. The molecule has 2 saturated carbocycles. The quantitative estimate of drug-likeness (QED) is 0.873. The molecule has 9 nitrogen and oxygen atoms in total. The maximum Gasteiger partial charge on any atom is 0.208 e. The summed E-state index contributed by atoms with van der Waals surface area (Å²) in [6.45, 7) is 2.21. The maximum absolute atomic E-state index is 9.60. The molecule has 0 saturated heterocycles. The lowest BCUT2D eigenvalue weighted by atomic mass is 9.80. The minimum atomic E-state index is 0.0982. The third-order valence-electron chi connectivity index (χ3n) is 6.71. The van der Waals surface area contributed by atoms with Crippen LogP contribution in [0.5, 0.6) is 0 Å². The zero-order valence-corrected chi connectivity index (χ0v) is 15.2. The molecule has 5 atom stereocenters. The molecule has 0 spiro atoms. The van der Waals surface area contributed by atoms with Crippen molar-refractivity contribution < 1.29 is 0 Å². The summed E-state index contributed by atoms with van der Waals surface area (Å²) in [7, 11) is 0. The Morgan fingerprint density at radius 1 is 1.30 bits per heavy atom. The normalized spacial score (nSPS) is 33.4. The average Bonchev–Trinajstić information content (AvgIpc) is 3.13. The smallest absolute Gasteiger partial charge is 0.208 e. The van der Waals surface area contributed by atoms with Crippen LogP contribution in [0.15, 0.2) is 17.6 Å². The van der Waals surface area contributed by atoms with Gasteiger partial charge in [0.25, 0.3) is 0 Å². The molecule has 5 unspecified atom stereocenters. The molecule has 2 aliphatic heterocycles. The van der Waals surface area contributed by atoms with Crippen LogP contribution in [0.3, 0.4) is 0 Å². The van der Waals surface area contributed by atoms with Gasteiger partial charge in [0.2, 0.25) is 6.19 Å². The Morgan fingerprint density at radius 3 is 2.96 bits per heavy atom. The highest BCUT2D eigenvalue weighted by atomic mass is 15.6. The van der Waals surface area contributed by atoms with Crippen molar-refractivity contribution in [3.8, 4) is 6.19 Å². The second-order valence-corrected chi connectivity index (χ2v) is 8.21. The van der Waals surface area contributed by atoms with Gasteiger partial charge in [-0.2, -0.15) is 10.4 Å². The summed E-state index contributed by atoms with van der Waals surface area (Å²) in [4.78, 5) is 6.64. The summed E-state index contributed by atoms with van der Waals surface area (Å²) >= 11 is 0. The third kappa shape index (κ3) is 1.98. The molecular formula is C18H21N9. The first-order chi connectivity index (χ1) is 13.3. The van der Waals surface area contributed by atoms with Crippen molar-refractivity contribution >= 4 is 11.7 Å². The number of imidazole rings is 1. The first-order valence-electron chi connectivity index (χ1n) is 9.78. The Hall–Kier alpha value is -2.89. The lowest BCUT2D eigenvalue weighted by Gasteiger charge is -2.45. The van der Waals surface area contributed by atoms with E-state index < -0.39 is 0 Å². The number of nitrogens with one attached hydrogen (secondary N) is 1. The van der Waals surface area contributed by atoms with E-state index in [0.29, 0.717) is 23.8 Å². The predicted molar refractivity (Wildman–Crippen MR) is 96.7 cm³/mol. The van der Waals surface area contributed by atoms with E-state index in [4.69, 9.17) is 5.10 Å². The molecule has 0 aromatic carbocycles. The van der Waals surface area contributed by atoms with E-state index in [1.165, 1.54) is 30.4 Å². The van der Waals surface area contributed by atoms with Gasteiger partial charge in [0, 0.05) is 17.9 Å². The number of nitrogens with zero attached hydrogens (tertiary/aromatic N) is 8. The number of hydrogen-bond acceptors (Lipinski definition) is 7. The van der Waals surface area contributed by atoms with Crippen molar-refractivity contribution in [3.05, 3.63) is 23.9 Å². The molecule has 0 bridgehead atoms. The maximum atomic E-state index is 9.60. The van der Waals surface area contributed by atoms with Gasteiger partial charge in [0.05, 0.1) is 18.2 Å². The lowest BCUT2D eigenvalue weighted by molar-refractivity contribution is 0.176. The van der Waals surface area contributed by atoms with Crippen LogP contribution in [0.4, 0.5) is 5.82 Å². The SMILES string of the molecule is CC1CC1c1nnn(C#N)c1C1=NNC2C3CCCCC3n3cncc3N12. The Labute approximate surface area is 156 Å². The summed E-state index contributed by atoms with van der Waals surface area (Å²) < 4.78 is 3.61. The predicted octanol–water partition coefficient (Wildman–Crippen LogP) is 1.77. The van der Waals surface area contributed by atoms with Crippen LogP contribution >= 0.6 is 0 Å². The second kappa shape index (κ2) is 5.31. The zero-order valence-electron chi connectivity index (χ0n) is 15.2. The standard InChI is InChI=1S/C18H21N9/c1-10-6-12(10)15-16(26(8-19)24-21-15)18-23-22-17-11-4-2-3-5-13(11)25-9-20-7-14(25)27(17)18/h7,9-13,17,22H,2-6H2,1H3. The minimum Gasteiger partial charge on any atom is -0.314 e. The van der Waals surface area contributed by atoms with Crippen LogP contribution in [0.25, 0.3) is 0 Å². The van der Waals surface area contributed by atoms with Gasteiger partial charge < -0.3 is 4.57 Å². The molecule has 27 heavy (non-hydrogen) atoms. The van der Waals surface area contributed by atoms with Gasteiger partial charge >= 0.3 is 0 Å². The van der Waals surface area contributed by atoms with Crippen LogP contribution in [0.1, 0.15) is 62.4 Å². The summed E-state index contributed by atoms with van der Waals surface area (Å²) in [5, 5.41) is 22.7. The molecule has 9 heteroatoms. The van der Waals surface area contributed by atoms with Crippen molar-refractivity contribution in [1.82, 2.24) is 30.0 Å². The number of anilines is 1. The Bertz CT molecular complexity index is 979. The van der Waals surface area contributed by atoms with Gasteiger partial charge in [-0.15, -0.1) is 9.78 Å². The summed E-state index contributed by atoms with van der Waals surface area (Å²) in [5.41, 5.74) is 4.99. The molecular weight excluding hydrogens is 342 g/mol. The van der Waals surface area contributed by atoms with E-state index in [0.717, 1.165) is 29.5 Å². The van der Waals surface area contributed by atoms with Crippen LogP contribution < -0.4 is 10.3 Å². The van der Waals surface area contributed by atoms with Gasteiger partial charge in [0.15, 0.2) is 5.84 Å². The largest absolute Gasteiger partial charge is 0.314 e. The van der Waals surface area contributed by atoms with Crippen LogP contribution in [0.2, 0.25) is 0 Å². The van der Waals surface area contributed by atoms with E-state index >= 15 is 0 Å². The average molecular weight is 363 g/mol. The van der Waals surface area contributed by atoms with Gasteiger partial charge in [-0.1, -0.05) is 25.0 Å². The molecule has 0 radical (unpaired) electrons. The Kier molecular flexibility index (Phi) is 2.99. The fourth-order valence-electron chi connectivity index (χ4n) is 5.19. The van der Waals surface area contributed by atoms with E-state index in [2.05, 4.69) is 43.3 Å². The molecule has 0 amide bonds. The zero-order chi connectivity index (χ0) is 18.1. The molecule has 6 rings (SSSR count). The molecule has 2 fully saturated rings. The highest BCUT2D eigenvalue weighted by molar-refractivity contribution is 6.11. The third-order valence-corrected chi connectivity index (χ3v) is 6.71. The molecule has 2 aromatic heterocycles. The number of nitriles is 1. The summed E-state index contributed by atoms with van der Waals surface area (Å²) in [6, 6.07) is 0.460. The van der Waals surface area contributed by atoms with Gasteiger partial charge in [0.1, 0.15) is 17.7 Å². The van der Waals surface area contributed by atoms with E-state index in [-0.39, 0.29) is 6.17 Å². The van der Waals surface area contributed by atoms with Crippen molar-refractivity contribution in [1.29, 1.82) is 5.26 Å². The fourth-order valence-corrected chi connectivity index (χ4v) is 5.19. The molecule has 2 aliphatic carbocycles. The lowest BCUT2D eigenvalue weighted by Crippen LogP contribution is -2.54. The molecule has 1 N–H and O–H groups in total. The first-order valence-corrected chi connectivity index (χ1v) is 9.78. The topological polar surface area (TPSA) is 99.9 Å². The number of hydrazone groups is 1. The minimum absolute atomic E-state index is 0.0982. The monoisotopic (exact) mass is 363 g/mol. The van der Waals surface area contributed by atoms with Gasteiger partial charge in [-0.25, -0.2) is 4.98 Å².